The highest BCUT2D eigenvalue weighted by Gasteiger charge is 2.18. The first-order valence-electron chi connectivity index (χ1n) is 9.67. The van der Waals surface area contributed by atoms with Crippen molar-refractivity contribution in [1.29, 1.82) is 0 Å². The van der Waals surface area contributed by atoms with E-state index in [0.717, 1.165) is 33.9 Å². The zero-order valence-corrected chi connectivity index (χ0v) is 17.6. The Morgan fingerprint density at radius 3 is 2.37 bits per heavy atom. The van der Waals surface area contributed by atoms with Gasteiger partial charge in [-0.05, 0) is 39.3 Å². The van der Waals surface area contributed by atoms with Crippen molar-refractivity contribution in [3.63, 3.8) is 0 Å². The minimum atomic E-state index is -0.486. The molecule has 8 nitrogen and oxygen atoms in total. The number of benzene rings is 1. The lowest BCUT2D eigenvalue weighted by molar-refractivity contribution is -0.145. The van der Waals surface area contributed by atoms with Gasteiger partial charge < -0.3 is 10.1 Å². The van der Waals surface area contributed by atoms with Gasteiger partial charge in [0.2, 0.25) is 5.91 Å². The molecule has 0 radical (unpaired) electrons. The number of rotatable bonds is 7. The summed E-state index contributed by atoms with van der Waals surface area (Å²) in [6.07, 6.45) is 0.106. The van der Waals surface area contributed by atoms with E-state index in [9.17, 15) is 9.59 Å². The van der Waals surface area contributed by atoms with Gasteiger partial charge in [0, 0.05) is 22.6 Å². The molecule has 1 amide bonds. The van der Waals surface area contributed by atoms with Crippen molar-refractivity contribution in [2.75, 3.05) is 6.54 Å². The molecule has 30 heavy (non-hydrogen) atoms. The number of esters is 1. The molecule has 2 aromatic heterocycles. The van der Waals surface area contributed by atoms with Crippen molar-refractivity contribution < 1.29 is 14.3 Å². The van der Waals surface area contributed by atoms with Gasteiger partial charge in [0.1, 0.15) is 13.2 Å². The number of ether oxygens (including phenoxy) is 1. The standard InChI is InChI=1S/C22H25N5O3/c1-14-10-15(2)25-22(24-14)27-17(4)19(16(3)26-27)11-20(28)23-12-21(29)30-13-18-8-6-5-7-9-18/h5-10H,11-13H2,1-4H3,(H,23,28). The van der Waals surface area contributed by atoms with Crippen LogP contribution in [0.4, 0.5) is 0 Å². The smallest absolute Gasteiger partial charge is 0.325 e. The number of hydrogen-bond donors (Lipinski definition) is 1. The predicted molar refractivity (Wildman–Crippen MR) is 111 cm³/mol. The molecular formula is C22H25N5O3. The van der Waals surface area contributed by atoms with Crippen LogP contribution in [0.1, 0.15) is 33.9 Å². The number of carbonyl (C=O) groups is 2. The Kier molecular flexibility index (Phi) is 6.56. The van der Waals surface area contributed by atoms with Crippen molar-refractivity contribution in [3.05, 3.63) is 70.3 Å². The fraction of sp³-hybridized carbons (Fsp3) is 0.318. The van der Waals surface area contributed by atoms with E-state index >= 15 is 0 Å². The van der Waals surface area contributed by atoms with E-state index in [1.165, 1.54) is 0 Å². The molecule has 0 spiro atoms. The van der Waals surface area contributed by atoms with Crippen LogP contribution >= 0.6 is 0 Å². The summed E-state index contributed by atoms with van der Waals surface area (Å²) in [5, 5.41) is 7.10. The van der Waals surface area contributed by atoms with Crippen molar-refractivity contribution >= 4 is 11.9 Å². The maximum absolute atomic E-state index is 12.4. The monoisotopic (exact) mass is 407 g/mol. The largest absolute Gasteiger partial charge is 0.460 e. The van der Waals surface area contributed by atoms with E-state index in [-0.39, 0.29) is 25.5 Å². The molecule has 0 saturated heterocycles. The second kappa shape index (κ2) is 9.30. The normalized spacial score (nSPS) is 10.7. The highest BCUT2D eigenvalue weighted by molar-refractivity contribution is 5.83. The second-order valence-electron chi connectivity index (χ2n) is 7.11. The van der Waals surface area contributed by atoms with Crippen LogP contribution < -0.4 is 5.32 Å². The van der Waals surface area contributed by atoms with Crippen LogP contribution in [0, 0.1) is 27.7 Å². The number of hydrogen-bond acceptors (Lipinski definition) is 6. The molecule has 3 rings (SSSR count). The summed E-state index contributed by atoms with van der Waals surface area (Å²) in [7, 11) is 0. The summed E-state index contributed by atoms with van der Waals surface area (Å²) in [6.45, 7) is 7.50. The van der Waals surface area contributed by atoms with E-state index in [4.69, 9.17) is 4.74 Å². The van der Waals surface area contributed by atoms with Crippen LogP contribution in [-0.4, -0.2) is 38.2 Å². The third kappa shape index (κ3) is 5.28. The Labute approximate surface area is 175 Å². The number of aryl methyl sites for hydroxylation is 3. The molecule has 0 aliphatic rings. The molecule has 3 aromatic rings. The molecule has 0 aliphatic carbocycles. The molecule has 8 heteroatoms. The molecule has 0 bridgehead atoms. The topological polar surface area (TPSA) is 99.0 Å². The SMILES string of the molecule is Cc1cc(C)nc(-n2nc(C)c(CC(=O)NCC(=O)OCc3ccccc3)c2C)n1. The molecule has 0 saturated carbocycles. The van der Waals surface area contributed by atoms with Crippen LogP contribution in [0.3, 0.4) is 0 Å². The molecule has 0 unspecified atom stereocenters. The van der Waals surface area contributed by atoms with Crippen LogP contribution in [0.2, 0.25) is 0 Å². The first kappa shape index (κ1) is 21.2. The van der Waals surface area contributed by atoms with Crippen molar-refractivity contribution in [3.8, 4) is 5.95 Å². The summed E-state index contributed by atoms with van der Waals surface area (Å²) < 4.78 is 6.82. The van der Waals surface area contributed by atoms with E-state index in [2.05, 4.69) is 20.4 Å². The summed E-state index contributed by atoms with van der Waals surface area (Å²) in [6, 6.07) is 11.3. The van der Waals surface area contributed by atoms with E-state index in [1.807, 2.05) is 64.1 Å². The maximum atomic E-state index is 12.4. The number of aromatic nitrogens is 4. The Morgan fingerprint density at radius 2 is 1.70 bits per heavy atom. The number of amides is 1. The number of nitrogens with zero attached hydrogens (tertiary/aromatic N) is 4. The third-order valence-electron chi connectivity index (χ3n) is 4.61. The lowest BCUT2D eigenvalue weighted by atomic mass is 10.1. The van der Waals surface area contributed by atoms with Gasteiger partial charge in [-0.15, -0.1) is 0 Å². The van der Waals surface area contributed by atoms with Gasteiger partial charge in [-0.2, -0.15) is 5.10 Å². The fourth-order valence-electron chi connectivity index (χ4n) is 3.11. The van der Waals surface area contributed by atoms with Crippen molar-refractivity contribution in [2.24, 2.45) is 0 Å². The molecule has 0 aliphatic heterocycles. The second-order valence-corrected chi connectivity index (χ2v) is 7.11. The zero-order chi connectivity index (χ0) is 21.7. The van der Waals surface area contributed by atoms with Gasteiger partial charge in [0.15, 0.2) is 0 Å². The fourth-order valence-corrected chi connectivity index (χ4v) is 3.11. The minimum absolute atomic E-state index is 0.106. The van der Waals surface area contributed by atoms with Gasteiger partial charge in [-0.3, -0.25) is 9.59 Å². The molecule has 1 aromatic carbocycles. The van der Waals surface area contributed by atoms with E-state index in [0.29, 0.717) is 5.95 Å². The van der Waals surface area contributed by atoms with E-state index < -0.39 is 5.97 Å². The molecule has 1 N–H and O–H groups in total. The predicted octanol–water partition coefficient (Wildman–Crippen LogP) is 2.30. The zero-order valence-electron chi connectivity index (χ0n) is 17.6. The first-order valence-corrected chi connectivity index (χ1v) is 9.67. The molecule has 0 fully saturated rings. The Morgan fingerprint density at radius 1 is 1.03 bits per heavy atom. The Hall–Kier alpha value is -3.55. The molecule has 2 heterocycles. The van der Waals surface area contributed by atoms with Gasteiger partial charge in [-0.25, -0.2) is 14.6 Å². The lowest BCUT2D eigenvalue weighted by Crippen LogP contribution is -2.31. The van der Waals surface area contributed by atoms with Gasteiger partial charge >= 0.3 is 5.97 Å². The lowest BCUT2D eigenvalue weighted by Gasteiger charge is -2.08. The number of nitrogens with one attached hydrogen (secondary N) is 1. The average Bonchev–Trinajstić information content (AvgIpc) is 2.99. The van der Waals surface area contributed by atoms with Gasteiger partial charge in [0.25, 0.3) is 5.95 Å². The van der Waals surface area contributed by atoms with Gasteiger partial charge in [-0.1, -0.05) is 30.3 Å². The van der Waals surface area contributed by atoms with Crippen LogP contribution in [0.15, 0.2) is 36.4 Å². The minimum Gasteiger partial charge on any atom is -0.460 e. The van der Waals surface area contributed by atoms with Crippen molar-refractivity contribution in [2.45, 2.75) is 40.7 Å². The quantitative estimate of drug-likeness (QED) is 0.604. The molecule has 0 atom stereocenters. The summed E-state index contributed by atoms with van der Waals surface area (Å²) in [5.41, 5.74) is 4.88. The first-order chi connectivity index (χ1) is 14.3. The highest BCUT2D eigenvalue weighted by Crippen LogP contribution is 2.17. The Bertz CT molecular complexity index is 1040. The van der Waals surface area contributed by atoms with E-state index in [1.54, 1.807) is 4.68 Å². The number of carbonyl (C=O) groups excluding carboxylic acids is 2. The molecule has 156 valence electrons. The maximum Gasteiger partial charge on any atom is 0.325 e. The Balaban J connectivity index is 1.59. The average molecular weight is 407 g/mol. The summed E-state index contributed by atoms with van der Waals surface area (Å²) in [5.74, 6) is -0.289. The molecular weight excluding hydrogens is 382 g/mol. The van der Waals surface area contributed by atoms with Crippen LogP contribution in [0.25, 0.3) is 5.95 Å². The third-order valence-corrected chi connectivity index (χ3v) is 4.61. The highest BCUT2D eigenvalue weighted by atomic mass is 16.5. The summed E-state index contributed by atoms with van der Waals surface area (Å²) >= 11 is 0. The van der Waals surface area contributed by atoms with Crippen molar-refractivity contribution in [1.82, 2.24) is 25.1 Å². The summed E-state index contributed by atoms with van der Waals surface area (Å²) in [4.78, 5) is 33.1. The van der Waals surface area contributed by atoms with Crippen LogP contribution in [0.5, 0.6) is 0 Å². The van der Waals surface area contributed by atoms with Gasteiger partial charge in [0.05, 0.1) is 12.1 Å². The van der Waals surface area contributed by atoms with Crippen LogP contribution in [-0.2, 0) is 27.4 Å².